The molecule has 0 heterocycles. The first-order valence-corrected chi connectivity index (χ1v) is 6.00. The highest BCUT2D eigenvalue weighted by molar-refractivity contribution is 6.30. The highest BCUT2D eigenvalue weighted by Gasteiger charge is 2.10. The average Bonchev–Trinajstić information content (AvgIpc) is 2.47. The van der Waals surface area contributed by atoms with Crippen LogP contribution in [0.1, 0.15) is 11.1 Å². The van der Waals surface area contributed by atoms with E-state index >= 15 is 0 Å². The zero-order valence-electron chi connectivity index (χ0n) is 9.97. The second kappa shape index (κ2) is 5.87. The topological polar surface area (TPSA) is 47.6 Å². The van der Waals surface area contributed by atoms with Gasteiger partial charge in [-0.25, -0.2) is 0 Å². The Labute approximate surface area is 116 Å². The SMILES string of the molecule is N#CC(=C(C#N)c1ccc(Cl)cc1)c1ccccc1. The molecule has 0 radical (unpaired) electrons. The molecule has 0 atom stereocenters. The molecule has 0 bridgehead atoms. The Hall–Kier alpha value is -2.55. The number of nitrogens with zero attached hydrogens (tertiary/aromatic N) is 2. The van der Waals surface area contributed by atoms with Crippen molar-refractivity contribution in [3.8, 4) is 12.1 Å². The molecule has 0 aromatic heterocycles. The number of nitriles is 2. The van der Waals surface area contributed by atoms with Crippen LogP contribution in [0.25, 0.3) is 11.1 Å². The van der Waals surface area contributed by atoms with Crippen molar-refractivity contribution in [2.24, 2.45) is 0 Å². The van der Waals surface area contributed by atoms with E-state index in [0.717, 1.165) is 5.56 Å². The highest BCUT2D eigenvalue weighted by atomic mass is 35.5. The molecule has 19 heavy (non-hydrogen) atoms. The number of rotatable bonds is 2. The Morgan fingerprint density at radius 1 is 0.737 bits per heavy atom. The molecule has 0 amide bonds. The summed E-state index contributed by atoms with van der Waals surface area (Å²) in [5.74, 6) is 0. The third kappa shape index (κ3) is 2.83. The molecule has 2 aromatic carbocycles. The standard InChI is InChI=1S/C16H9ClN2/c17-14-8-6-13(7-9-14)16(11-19)15(10-18)12-4-2-1-3-5-12/h1-9H. The molecule has 0 aliphatic carbocycles. The highest BCUT2D eigenvalue weighted by Crippen LogP contribution is 2.26. The maximum Gasteiger partial charge on any atom is 0.101 e. The summed E-state index contributed by atoms with van der Waals surface area (Å²) in [6.07, 6.45) is 0. The van der Waals surface area contributed by atoms with Crippen LogP contribution in [0.2, 0.25) is 5.02 Å². The zero-order valence-corrected chi connectivity index (χ0v) is 10.7. The van der Waals surface area contributed by atoms with Gasteiger partial charge in [0.25, 0.3) is 0 Å². The lowest BCUT2D eigenvalue weighted by molar-refractivity contribution is 1.50. The van der Waals surface area contributed by atoms with E-state index in [9.17, 15) is 10.5 Å². The normalized spacial score (nSPS) is 11.1. The second-order valence-corrected chi connectivity index (χ2v) is 4.28. The fraction of sp³-hybridized carbons (Fsp3) is 0. The Balaban J connectivity index is 2.61. The van der Waals surface area contributed by atoms with Gasteiger partial charge < -0.3 is 0 Å². The van der Waals surface area contributed by atoms with E-state index in [0.29, 0.717) is 21.7 Å². The van der Waals surface area contributed by atoms with Crippen molar-refractivity contribution >= 4 is 22.7 Å². The van der Waals surface area contributed by atoms with Crippen molar-refractivity contribution in [3.05, 3.63) is 70.7 Å². The molecular weight excluding hydrogens is 256 g/mol. The van der Waals surface area contributed by atoms with Crippen LogP contribution < -0.4 is 0 Å². The summed E-state index contributed by atoms with van der Waals surface area (Å²) in [5.41, 5.74) is 2.14. The van der Waals surface area contributed by atoms with E-state index in [2.05, 4.69) is 12.1 Å². The summed E-state index contributed by atoms with van der Waals surface area (Å²) >= 11 is 5.83. The second-order valence-electron chi connectivity index (χ2n) is 3.85. The van der Waals surface area contributed by atoms with Crippen LogP contribution in [-0.2, 0) is 0 Å². The van der Waals surface area contributed by atoms with Gasteiger partial charge >= 0.3 is 0 Å². The van der Waals surface area contributed by atoms with Gasteiger partial charge in [0.1, 0.15) is 12.1 Å². The van der Waals surface area contributed by atoms with Gasteiger partial charge in [-0.15, -0.1) is 0 Å². The van der Waals surface area contributed by atoms with E-state index in [1.807, 2.05) is 30.3 Å². The fourth-order valence-corrected chi connectivity index (χ4v) is 1.88. The minimum atomic E-state index is 0.352. The van der Waals surface area contributed by atoms with Gasteiger partial charge in [-0.3, -0.25) is 0 Å². The average molecular weight is 265 g/mol. The van der Waals surface area contributed by atoms with Crippen molar-refractivity contribution in [2.75, 3.05) is 0 Å². The van der Waals surface area contributed by atoms with Gasteiger partial charge in [0.05, 0.1) is 11.1 Å². The van der Waals surface area contributed by atoms with Gasteiger partial charge in [-0.2, -0.15) is 10.5 Å². The molecule has 0 N–H and O–H groups in total. The van der Waals surface area contributed by atoms with Crippen molar-refractivity contribution in [1.29, 1.82) is 10.5 Å². The third-order valence-corrected chi connectivity index (χ3v) is 2.92. The molecule has 0 aliphatic rings. The van der Waals surface area contributed by atoms with Gasteiger partial charge in [0.2, 0.25) is 0 Å². The Bertz CT molecular complexity index is 686. The minimum absolute atomic E-state index is 0.352. The molecule has 0 saturated carbocycles. The first-order chi connectivity index (χ1) is 9.26. The Kier molecular flexibility index (Phi) is 3.98. The van der Waals surface area contributed by atoms with E-state index in [1.165, 1.54) is 0 Å². The maximum atomic E-state index is 9.32. The minimum Gasteiger partial charge on any atom is -0.192 e. The number of hydrogen-bond donors (Lipinski definition) is 0. The zero-order chi connectivity index (χ0) is 13.7. The first kappa shape index (κ1) is 12.9. The molecule has 2 nitrogen and oxygen atoms in total. The predicted octanol–water partition coefficient (Wildman–Crippen LogP) is 4.30. The third-order valence-electron chi connectivity index (χ3n) is 2.67. The van der Waals surface area contributed by atoms with Crippen LogP contribution in [0.5, 0.6) is 0 Å². The van der Waals surface area contributed by atoms with Crippen LogP contribution >= 0.6 is 11.6 Å². The smallest absolute Gasteiger partial charge is 0.101 e. The van der Waals surface area contributed by atoms with Gasteiger partial charge in [0.15, 0.2) is 0 Å². The summed E-state index contributed by atoms with van der Waals surface area (Å²) < 4.78 is 0. The molecule has 90 valence electrons. The van der Waals surface area contributed by atoms with Crippen LogP contribution in [0, 0.1) is 22.7 Å². The van der Waals surface area contributed by atoms with Crippen LogP contribution in [0.3, 0.4) is 0 Å². The Morgan fingerprint density at radius 2 is 1.21 bits per heavy atom. The molecule has 0 spiro atoms. The molecule has 2 aromatic rings. The summed E-state index contributed by atoms with van der Waals surface area (Å²) in [7, 11) is 0. The van der Waals surface area contributed by atoms with E-state index in [4.69, 9.17) is 11.6 Å². The lowest BCUT2D eigenvalue weighted by Crippen LogP contribution is -1.89. The van der Waals surface area contributed by atoms with Crippen LogP contribution in [0.15, 0.2) is 54.6 Å². The quantitative estimate of drug-likeness (QED) is 0.600. The van der Waals surface area contributed by atoms with Crippen LogP contribution in [0.4, 0.5) is 0 Å². The largest absolute Gasteiger partial charge is 0.192 e. The molecule has 3 heteroatoms. The van der Waals surface area contributed by atoms with Gasteiger partial charge in [-0.05, 0) is 23.3 Å². The van der Waals surface area contributed by atoms with Gasteiger partial charge in [0, 0.05) is 5.02 Å². The lowest BCUT2D eigenvalue weighted by Gasteiger charge is -2.04. The van der Waals surface area contributed by atoms with Crippen molar-refractivity contribution < 1.29 is 0 Å². The number of benzene rings is 2. The van der Waals surface area contributed by atoms with Crippen molar-refractivity contribution in [1.82, 2.24) is 0 Å². The molecular formula is C16H9ClN2. The van der Waals surface area contributed by atoms with Crippen molar-refractivity contribution in [3.63, 3.8) is 0 Å². The van der Waals surface area contributed by atoms with Crippen molar-refractivity contribution in [2.45, 2.75) is 0 Å². The van der Waals surface area contributed by atoms with Crippen LogP contribution in [-0.4, -0.2) is 0 Å². The van der Waals surface area contributed by atoms with E-state index in [1.54, 1.807) is 24.3 Å². The van der Waals surface area contributed by atoms with Gasteiger partial charge in [-0.1, -0.05) is 54.1 Å². The summed E-state index contributed by atoms with van der Waals surface area (Å²) in [6, 6.07) is 20.3. The lowest BCUT2D eigenvalue weighted by atomic mass is 9.96. The molecule has 2 rings (SSSR count). The monoisotopic (exact) mass is 264 g/mol. The number of allylic oxidation sites excluding steroid dienone is 2. The molecule has 0 unspecified atom stereocenters. The maximum absolute atomic E-state index is 9.32. The van der Waals surface area contributed by atoms with E-state index < -0.39 is 0 Å². The molecule has 0 aliphatic heterocycles. The molecule has 0 fully saturated rings. The molecule has 0 saturated heterocycles. The fourth-order valence-electron chi connectivity index (χ4n) is 1.75. The summed E-state index contributed by atoms with van der Waals surface area (Å²) in [5, 5.41) is 19.2. The first-order valence-electron chi connectivity index (χ1n) is 5.62. The summed E-state index contributed by atoms with van der Waals surface area (Å²) in [4.78, 5) is 0. The number of hydrogen-bond acceptors (Lipinski definition) is 2. The number of halogens is 1. The Morgan fingerprint density at radius 3 is 1.68 bits per heavy atom. The predicted molar refractivity (Wildman–Crippen MR) is 75.9 cm³/mol. The summed E-state index contributed by atoms with van der Waals surface area (Å²) in [6.45, 7) is 0. The van der Waals surface area contributed by atoms with E-state index in [-0.39, 0.29) is 0 Å².